The lowest BCUT2D eigenvalue weighted by molar-refractivity contribution is -0.127. The number of benzene rings is 1. The molecule has 1 heterocycles. The van der Waals surface area contributed by atoms with Crippen LogP contribution in [-0.4, -0.2) is 47.7 Å². The smallest absolute Gasteiger partial charge is 0.237 e. The zero-order valence-corrected chi connectivity index (χ0v) is 15.1. The minimum absolute atomic E-state index is 0.0701. The summed E-state index contributed by atoms with van der Waals surface area (Å²) in [6.45, 7) is 6.19. The molecule has 4 nitrogen and oxygen atoms in total. The average molecular weight is 332 g/mol. The molecule has 2 atom stereocenters. The van der Waals surface area contributed by atoms with Gasteiger partial charge in [0.15, 0.2) is 0 Å². The maximum absolute atomic E-state index is 12.4. The molecule has 1 aliphatic heterocycles. The SMILES string of the molecule is CC(CCCO)NC(=O)C(C)N1CCC(Cc2ccccc2)CC1. The molecule has 1 aromatic rings. The van der Waals surface area contributed by atoms with Crippen molar-refractivity contribution in [3.8, 4) is 0 Å². The van der Waals surface area contributed by atoms with Gasteiger partial charge in [-0.3, -0.25) is 9.69 Å². The molecule has 2 N–H and O–H groups in total. The van der Waals surface area contributed by atoms with Crippen LogP contribution in [0.2, 0.25) is 0 Å². The summed E-state index contributed by atoms with van der Waals surface area (Å²) >= 11 is 0. The standard InChI is InChI=1S/C20H32N2O2/c1-16(7-6-14-23)21-20(24)17(2)22-12-10-19(11-13-22)15-18-8-4-3-5-9-18/h3-5,8-9,16-17,19,23H,6-7,10-15H2,1-2H3,(H,21,24). The molecule has 1 aromatic carbocycles. The highest BCUT2D eigenvalue weighted by molar-refractivity contribution is 5.81. The van der Waals surface area contributed by atoms with E-state index >= 15 is 0 Å². The molecular formula is C20H32N2O2. The van der Waals surface area contributed by atoms with Crippen LogP contribution in [-0.2, 0) is 11.2 Å². The van der Waals surface area contributed by atoms with Gasteiger partial charge in [0.2, 0.25) is 5.91 Å². The Balaban J connectivity index is 1.73. The number of nitrogens with zero attached hydrogens (tertiary/aromatic N) is 1. The lowest BCUT2D eigenvalue weighted by atomic mass is 9.89. The summed E-state index contributed by atoms with van der Waals surface area (Å²) in [6.07, 6.45) is 5.03. The highest BCUT2D eigenvalue weighted by Crippen LogP contribution is 2.23. The summed E-state index contributed by atoms with van der Waals surface area (Å²) in [5.41, 5.74) is 1.42. The summed E-state index contributed by atoms with van der Waals surface area (Å²) in [4.78, 5) is 14.7. The number of likely N-dealkylation sites (tertiary alicyclic amines) is 1. The predicted molar refractivity (Wildman–Crippen MR) is 97.8 cm³/mol. The van der Waals surface area contributed by atoms with Crippen LogP contribution < -0.4 is 5.32 Å². The van der Waals surface area contributed by atoms with Crippen molar-refractivity contribution in [3.63, 3.8) is 0 Å². The van der Waals surface area contributed by atoms with E-state index in [9.17, 15) is 4.79 Å². The number of aliphatic hydroxyl groups excluding tert-OH is 1. The zero-order valence-electron chi connectivity index (χ0n) is 15.1. The van der Waals surface area contributed by atoms with Gasteiger partial charge < -0.3 is 10.4 Å². The van der Waals surface area contributed by atoms with Crippen LogP contribution in [0.4, 0.5) is 0 Å². The van der Waals surface area contributed by atoms with E-state index in [-0.39, 0.29) is 24.6 Å². The summed E-state index contributed by atoms with van der Waals surface area (Å²) in [7, 11) is 0. The largest absolute Gasteiger partial charge is 0.396 e. The summed E-state index contributed by atoms with van der Waals surface area (Å²) in [5, 5.41) is 11.9. The van der Waals surface area contributed by atoms with Crippen LogP contribution in [0.15, 0.2) is 30.3 Å². The van der Waals surface area contributed by atoms with Crippen LogP contribution in [0, 0.1) is 5.92 Å². The van der Waals surface area contributed by atoms with Crippen molar-refractivity contribution in [2.24, 2.45) is 5.92 Å². The molecule has 0 spiro atoms. The first-order chi connectivity index (χ1) is 11.6. The quantitative estimate of drug-likeness (QED) is 0.769. The first-order valence-electron chi connectivity index (χ1n) is 9.29. The highest BCUT2D eigenvalue weighted by atomic mass is 16.3. The maximum atomic E-state index is 12.4. The number of carbonyl (C=O) groups excluding carboxylic acids is 1. The number of nitrogens with one attached hydrogen (secondary N) is 1. The number of hydrogen-bond donors (Lipinski definition) is 2. The van der Waals surface area contributed by atoms with E-state index in [1.165, 1.54) is 5.56 Å². The number of amides is 1. The molecule has 0 radical (unpaired) electrons. The van der Waals surface area contributed by atoms with Gasteiger partial charge in [0, 0.05) is 12.6 Å². The number of carbonyl (C=O) groups is 1. The lowest BCUT2D eigenvalue weighted by Crippen LogP contribution is -2.50. The fourth-order valence-corrected chi connectivity index (χ4v) is 3.49. The molecule has 1 fully saturated rings. The number of piperidine rings is 1. The van der Waals surface area contributed by atoms with Gasteiger partial charge in [-0.25, -0.2) is 0 Å². The van der Waals surface area contributed by atoms with Crippen LogP contribution in [0.1, 0.15) is 45.1 Å². The van der Waals surface area contributed by atoms with E-state index in [1.807, 2.05) is 13.8 Å². The van der Waals surface area contributed by atoms with Crippen LogP contribution >= 0.6 is 0 Å². The number of aliphatic hydroxyl groups is 1. The van der Waals surface area contributed by atoms with Crippen molar-refractivity contribution in [1.82, 2.24) is 10.2 Å². The Labute approximate surface area is 146 Å². The second-order valence-electron chi connectivity index (χ2n) is 7.12. The van der Waals surface area contributed by atoms with Gasteiger partial charge in [-0.1, -0.05) is 30.3 Å². The van der Waals surface area contributed by atoms with Gasteiger partial charge in [-0.15, -0.1) is 0 Å². The van der Waals surface area contributed by atoms with Crippen LogP contribution in [0.3, 0.4) is 0 Å². The first kappa shape index (κ1) is 18.9. The minimum Gasteiger partial charge on any atom is -0.396 e. The van der Waals surface area contributed by atoms with Gasteiger partial charge in [0.1, 0.15) is 0 Å². The minimum atomic E-state index is -0.0701. The molecule has 0 saturated carbocycles. The van der Waals surface area contributed by atoms with Crippen molar-refractivity contribution >= 4 is 5.91 Å². The Hall–Kier alpha value is -1.39. The second-order valence-corrected chi connectivity index (χ2v) is 7.12. The molecule has 134 valence electrons. The van der Waals surface area contributed by atoms with Gasteiger partial charge >= 0.3 is 0 Å². The topological polar surface area (TPSA) is 52.6 Å². The molecule has 2 unspecified atom stereocenters. The van der Waals surface area contributed by atoms with Crippen molar-refractivity contribution < 1.29 is 9.90 Å². The Morgan fingerprint density at radius 1 is 1.25 bits per heavy atom. The van der Waals surface area contributed by atoms with Gasteiger partial charge in [0.25, 0.3) is 0 Å². The fraction of sp³-hybridized carbons (Fsp3) is 0.650. The Kier molecular flexibility index (Phi) is 7.73. The molecule has 1 aliphatic rings. The Morgan fingerprint density at radius 2 is 1.92 bits per heavy atom. The summed E-state index contributed by atoms with van der Waals surface area (Å²) in [6, 6.07) is 10.7. The zero-order chi connectivity index (χ0) is 17.4. The van der Waals surface area contributed by atoms with E-state index in [2.05, 4.69) is 40.5 Å². The van der Waals surface area contributed by atoms with Crippen molar-refractivity contribution in [1.29, 1.82) is 0 Å². The molecule has 0 aliphatic carbocycles. The van der Waals surface area contributed by atoms with Crippen LogP contribution in [0.25, 0.3) is 0 Å². The fourth-order valence-electron chi connectivity index (χ4n) is 3.49. The van der Waals surface area contributed by atoms with Gasteiger partial charge in [-0.05, 0) is 70.5 Å². The third-order valence-corrected chi connectivity index (χ3v) is 5.13. The summed E-state index contributed by atoms with van der Waals surface area (Å²) in [5.74, 6) is 0.837. The Morgan fingerprint density at radius 3 is 2.54 bits per heavy atom. The first-order valence-corrected chi connectivity index (χ1v) is 9.29. The van der Waals surface area contributed by atoms with E-state index in [0.717, 1.165) is 51.1 Å². The summed E-state index contributed by atoms with van der Waals surface area (Å²) < 4.78 is 0. The molecule has 4 heteroatoms. The van der Waals surface area contributed by atoms with E-state index in [0.29, 0.717) is 0 Å². The predicted octanol–water partition coefficient (Wildman–Crippen LogP) is 2.61. The highest BCUT2D eigenvalue weighted by Gasteiger charge is 2.27. The lowest BCUT2D eigenvalue weighted by Gasteiger charge is -2.35. The monoisotopic (exact) mass is 332 g/mol. The average Bonchev–Trinajstić information content (AvgIpc) is 2.61. The molecule has 2 rings (SSSR count). The second kappa shape index (κ2) is 9.80. The molecule has 0 aromatic heterocycles. The Bertz CT molecular complexity index is 484. The number of hydrogen-bond acceptors (Lipinski definition) is 3. The van der Waals surface area contributed by atoms with Gasteiger partial charge in [0.05, 0.1) is 6.04 Å². The number of rotatable bonds is 8. The van der Waals surface area contributed by atoms with Crippen molar-refractivity contribution in [2.45, 2.75) is 58.0 Å². The molecule has 1 saturated heterocycles. The van der Waals surface area contributed by atoms with Gasteiger partial charge in [-0.2, -0.15) is 0 Å². The van der Waals surface area contributed by atoms with E-state index < -0.39 is 0 Å². The third-order valence-electron chi connectivity index (χ3n) is 5.13. The third kappa shape index (κ3) is 5.91. The molecular weight excluding hydrogens is 300 g/mol. The van der Waals surface area contributed by atoms with E-state index in [1.54, 1.807) is 0 Å². The van der Waals surface area contributed by atoms with Crippen molar-refractivity contribution in [2.75, 3.05) is 19.7 Å². The molecule has 0 bridgehead atoms. The molecule has 1 amide bonds. The van der Waals surface area contributed by atoms with Crippen molar-refractivity contribution in [3.05, 3.63) is 35.9 Å². The maximum Gasteiger partial charge on any atom is 0.237 e. The van der Waals surface area contributed by atoms with E-state index in [4.69, 9.17) is 5.11 Å². The normalized spacial score (nSPS) is 19.0. The van der Waals surface area contributed by atoms with Crippen LogP contribution in [0.5, 0.6) is 0 Å². The molecule has 24 heavy (non-hydrogen) atoms.